The minimum Gasteiger partial charge on any atom is -0.381 e. The van der Waals surface area contributed by atoms with Crippen LogP contribution in [0.5, 0.6) is 0 Å². The Morgan fingerprint density at radius 2 is 2.18 bits per heavy atom. The van der Waals surface area contributed by atoms with Gasteiger partial charge in [0.05, 0.1) is 6.61 Å². The first-order chi connectivity index (χ1) is 10.8. The van der Waals surface area contributed by atoms with Crippen molar-refractivity contribution in [2.45, 2.75) is 44.9 Å². The summed E-state index contributed by atoms with van der Waals surface area (Å²) in [5, 5.41) is 0. The molecule has 1 saturated heterocycles. The van der Waals surface area contributed by atoms with Crippen LogP contribution in [0.25, 0.3) is 0 Å². The number of fused-ring (bicyclic) bond motifs is 1. The maximum absolute atomic E-state index is 12.7. The Hall–Kier alpha value is -1.35. The first-order valence-electron chi connectivity index (χ1n) is 8.71. The molecule has 3 rings (SSSR count). The molecule has 1 aliphatic carbocycles. The van der Waals surface area contributed by atoms with Crippen molar-refractivity contribution in [3.63, 3.8) is 0 Å². The molecular formula is C19H27NO2. The topological polar surface area (TPSA) is 29.5 Å². The van der Waals surface area contributed by atoms with Gasteiger partial charge in [-0.3, -0.25) is 4.79 Å². The number of carbonyl (C=O) groups is 1. The van der Waals surface area contributed by atoms with E-state index in [2.05, 4.69) is 31.2 Å². The van der Waals surface area contributed by atoms with E-state index in [4.69, 9.17) is 4.74 Å². The molecule has 0 saturated carbocycles. The first kappa shape index (κ1) is 15.5. The maximum atomic E-state index is 12.7. The van der Waals surface area contributed by atoms with Crippen molar-refractivity contribution in [2.75, 3.05) is 26.3 Å². The monoisotopic (exact) mass is 301 g/mol. The summed E-state index contributed by atoms with van der Waals surface area (Å²) < 4.78 is 5.44. The molecule has 1 aromatic rings. The summed E-state index contributed by atoms with van der Waals surface area (Å²) in [6, 6.07) is 8.66. The number of rotatable bonds is 5. The Kier molecular flexibility index (Phi) is 5.14. The number of hydrogen-bond acceptors (Lipinski definition) is 2. The van der Waals surface area contributed by atoms with Crippen LogP contribution in [0.4, 0.5) is 0 Å². The van der Waals surface area contributed by atoms with E-state index >= 15 is 0 Å². The number of ether oxygens (including phenoxy) is 1. The molecule has 0 N–H and O–H groups in total. The van der Waals surface area contributed by atoms with Crippen LogP contribution >= 0.6 is 0 Å². The molecule has 22 heavy (non-hydrogen) atoms. The van der Waals surface area contributed by atoms with Gasteiger partial charge in [-0.15, -0.1) is 0 Å². The van der Waals surface area contributed by atoms with E-state index in [1.807, 2.05) is 4.90 Å². The number of hydrogen-bond donors (Lipinski definition) is 0. The molecule has 1 aliphatic heterocycles. The van der Waals surface area contributed by atoms with Gasteiger partial charge in [0.15, 0.2) is 0 Å². The van der Waals surface area contributed by atoms with Crippen LogP contribution in [0.2, 0.25) is 0 Å². The third kappa shape index (κ3) is 3.52. The number of nitrogens with zero attached hydrogens (tertiary/aromatic N) is 1. The highest BCUT2D eigenvalue weighted by molar-refractivity contribution is 5.77. The zero-order valence-electron chi connectivity index (χ0n) is 13.6. The van der Waals surface area contributed by atoms with Gasteiger partial charge in [0.1, 0.15) is 0 Å². The predicted molar refractivity (Wildman–Crippen MR) is 87.9 cm³/mol. The van der Waals surface area contributed by atoms with E-state index in [0.717, 1.165) is 45.6 Å². The van der Waals surface area contributed by atoms with Gasteiger partial charge in [0.2, 0.25) is 5.91 Å². The minimum absolute atomic E-state index is 0.316. The van der Waals surface area contributed by atoms with Crippen LogP contribution in [0, 0.1) is 5.92 Å². The fraction of sp³-hybridized carbons (Fsp3) is 0.632. The summed E-state index contributed by atoms with van der Waals surface area (Å²) in [5.74, 6) is 1.25. The second kappa shape index (κ2) is 7.28. The molecule has 3 heteroatoms. The van der Waals surface area contributed by atoms with E-state index in [9.17, 15) is 4.79 Å². The fourth-order valence-corrected chi connectivity index (χ4v) is 3.85. The van der Waals surface area contributed by atoms with E-state index in [1.54, 1.807) is 0 Å². The lowest BCUT2D eigenvalue weighted by Gasteiger charge is -2.29. The van der Waals surface area contributed by atoms with Crippen molar-refractivity contribution >= 4 is 5.91 Å². The molecule has 2 aliphatic rings. The molecule has 0 radical (unpaired) electrons. The summed E-state index contributed by atoms with van der Waals surface area (Å²) in [4.78, 5) is 14.8. The molecule has 1 amide bonds. The molecule has 0 unspecified atom stereocenters. The average molecular weight is 301 g/mol. The van der Waals surface area contributed by atoms with Gasteiger partial charge in [-0.05, 0) is 49.7 Å². The summed E-state index contributed by atoms with van der Waals surface area (Å²) in [7, 11) is 0. The lowest BCUT2D eigenvalue weighted by Crippen LogP contribution is -2.36. The van der Waals surface area contributed by atoms with Gasteiger partial charge >= 0.3 is 0 Å². The largest absolute Gasteiger partial charge is 0.381 e. The quantitative estimate of drug-likeness (QED) is 0.834. The van der Waals surface area contributed by atoms with E-state index in [-0.39, 0.29) is 0 Å². The third-order valence-corrected chi connectivity index (χ3v) is 5.15. The lowest BCUT2D eigenvalue weighted by atomic mass is 9.81. The fourth-order valence-electron chi connectivity index (χ4n) is 3.85. The molecule has 1 fully saturated rings. The standard InChI is InChI=1S/C19H27NO2/c1-2-20(13-15-10-11-22-14-15)19(21)12-17-8-5-7-16-6-3-4-9-18(16)17/h3-4,6,9,15,17H,2,5,7-8,10-14H2,1H3/t15-,17-/m0/s1. The zero-order valence-corrected chi connectivity index (χ0v) is 13.6. The summed E-state index contributed by atoms with van der Waals surface area (Å²) in [5.41, 5.74) is 2.85. The van der Waals surface area contributed by atoms with Crippen LogP contribution in [-0.4, -0.2) is 37.1 Å². The Bertz CT molecular complexity index is 508. The summed E-state index contributed by atoms with van der Waals surface area (Å²) in [6.45, 7) is 5.43. The molecule has 120 valence electrons. The molecule has 0 aromatic heterocycles. The number of carbonyl (C=O) groups excluding carboxylic acids is 1. The van der Waals surface area contributed by atoms with Gasteiger partial charge in [-0.25, -0.2) is 0 Å². The first-order valence-corrected chi connectivity index (χ1v) is 8.71. The average Bonchev–Trinajstić information content (AvgIpc) is 3.06. The molecule has 0 bridgehead atoms. The number of benzene rings is 1. The Morgan fingerprint density at radius 1 is 1.32 bits per heavy atom. The highest BCUT2D eigenvalue weighted by Gasteiger charge is 2.26. The van der Waals surface area contributed by atoms with Crippen molar-refractivity contribution < 1.29 is 9.53 Å². The van der Waals surface area contributed by atoms with Crippen molar-refractivity contribution in [1.29, 1.82) is 0 Å². The number of amides is 1. The van der Waals surface area contributed by atoms with Gasteiger partial charge in [0, 0.05) is 32.0 Å². The molecular weight excluding hydrogens is 274 g/mol. The van der Waals surface area contributed by atoms with Gasteiger partial charge in [0.25, 0.3) is 0 Å². The Balaban J connectivity index is 1.63. The van der Waals surface area contributed by atoms with Gasteiger partial charge < -0.3 is 9.64 Å². The highest BCUT2D eigenvalue weighted by atomic mass is 16.5. The SMILES string of the molecule is CCN(C[C@@H]1CCOC1)C(=O)C[C@@H]1CCCc2ccccc21. The van der Waals surface area contributed by atoms with Gasteiger partial charge in [-0.1, -0.05) is 24.3 Å². The molecule has 0 spiro atoms. The molecule has 1 aromatic carbocycles. The second-order valence-electron chi connectivity index (χ2n) is 6.65. The third-order valence-electron chi connectivity index (χ3n) is 5.15. The summed E-state index contributed by atoms with van der Waals surface area (Å²) >= 11 is 0. The Labute approximate surface area is 133 Å². The van der Waals surface area contributed by atoms with Crippen LogP contribution in [-0.2, 0) is 16.0 Å². The van der Waals surface area contributed by atoms with Gasteiger partial charge in [-0.2, -0.15) is 0 Å². The normalized spacial score (nSPS) is 24.0. The van der Waals surface area contributed by atoms with Crippen LogP contribution in [0.15, 0.2) is 24.3 Å². The summed E-state index contributed by atoms with van der Waals surface area (Å²) in [6.07, 6.45) is 5.27. The van der Waals surface area contributed by atoms with Crippen molar-refractivity contribution in [3.05, 3.63) is 35.4 Å². The minimum atomic E-state index is 0.316. The van der Waals surface area contributed by atoms with E-state index in [0.29, 0.717) is 24.2 Å². The van der Waals surface area contributed by atoms with E-state index < -0.39 is 0 Å². The van der Waals surface area contributed by atoms with Crippen molar-refractivity contribution in [1.82, 2.24) is 4.90 Å². The van der Waals surface area contributed by atoms with Crippen LogP contribution in [0.3, 0.4) is 0 Å². The lowest BCUT2D eigenvalue weighted by molar-refractivity contribution is -0.132. The highest BCUT2D eigenvalue weighted by Crippen LogP contribution is 2.34. The van der Waals surface area contributed by atoms with Crippen molar-refractivity contribution in [3.8, 4) is 0 Å². The molecule has 1 heterocycles. The molecule has 3 nitrogen and oxygen atoms in total. The second-order valence-corrected chi connectivity index (χ2v) is 6.65. The molecule has 2 atom stereocenters. The maximum Gasteiger partial charge on any atom is 0.223 e. The smallest absolute Gasteiger partial charge is 0.223 e. The van der Waals surface area contributed by atoms with Crippen LogP contribution in [0.1, 0.15) is 49.7 Å². The Morgan fingerprint density at radius 3 is 2.95 bits per heavy atom. The predicted octanol–water partition coefficient (Wildman–Crippen LogP) is 3.38. The van der Waals surface area contributed by atoms with E-state index in [1.165, 1.54) is 17.5 Å². The zero-order chi connectivity index (χ0) is 15.4. The van der Waals surface area contributed by atoms with Crippen molar-refractivity contribution in [2.24, 2.45) is 5.92 Å². The number of aryl methyl sites for hydroxylation is 1. The van der Waals surface area contributed by atoms with Crippen LogP contribution < -0.4 is 0 Å².